The summed E-state index contributed by atoms with van der Waals surface area (Å²) in [4.78, 5) is 30.8. The van der Waals surface area contributed by atoms with Crippen LogP contribution in [0.5, 0.6) is 11.5 Å². The molecule has 31 heavy (non-hydrogen) atoms. The summed E-state index contributed by atoms with van der Waals surface area (Å²) >= 11 is 0. The highest BCUT2D eigenvalue weighted by molar-refractivity contribution is 5.78. The van der Waals surface area contributed by atoms with Crippen molar-refractivity contribution in [2.45, 2.75) is 25.8 Å². The molecule has 0 radical (unpaired) electrons. The number of hydrogen-bond donors (Lipinski definition) is 1. The van der Waals surface area contributed by atoms with E-state index >= 15 is 0 Å². The lowest BCUT2D eigenvalue weighted by atomic mass is 10.1. The molecule has 10 nitrogen and oxygen atoms in total. The Morgan fingerprint density at radius 2 is 1.65 bits per heavy atom. The number of carbonyl (C=O) groups is 1. The molecule has 0 aliphatic carbocycles. The second-order valence-electron chi connectivity index (χ2n) is 7.79. The van der Waals surface area contributed by atoms with E-state index in [0.717, 1.165) is 44.6 Å². The molecule has 0 saturated carbocycles. The Morgan fingerprint density at radius 3 is 2.42 bits per heavy atom. The SMILES string of the molecule is O=C(Cc1ccc2c(c1)OCO2)NCc1nc(N2CCCC2)nc(N2CCOCC2)n1. The number of morpholine rings is 1. The van der Waals surface area contributed by atoms with Gasteiger partial charge in [0.1, 0.15) is 0 Å². The number of hydrogen-bond acceptors (Lipinski definition) is 9. The van der Waals surface area contributed by atoms with E-state index in [0.29, 0.717) is 42.4 Å². The molecule has 2 saturated heterocycles. The normalized spacial score (nSPS) is 17.8. The van der Waals surface area contributed by atoms with Crippen LogP contribution in [0.2, 0.25) is 0 Å². The summed E-state index contributed by atoms with van der Waals surface area (Å²) in [7, 11) is 0. The minimum Gasteiger partial charge on any atom is -0.454 e. The lowest BCUT2D eigenvalue weighted by Gasteiger charge is -2.28. The Balaban J connectivity index is 1.27. The first kappa shape index (κ1) is 19.8. The van der Waals surface area contributed by atoms with Gasteiger partial charge in [0.25, 0.3) is 0 Å². The number of nitrogens with zero attached hydrogens (tertiary/aromatic N) is 5. The van der Waals surface area contributed by atoms with Crippen LogP contribution in [0.15, 0.2) is 18.2 Å². The van der Waals surface area contributed by atoms with E-state index in [1.165, 1.54) is 0 Å². The summed E-state index contributed by atoms with van der Waals surface area (Å²) in [5.41, 5.74) is 0.865. The largest absolute Gasteiger partial charge is 0.454 e. The predicted molar refractivity (Wildman–Crippen MR) is 112 cm³/mol. The zero-order valence-corrected chi connectivity index (χ0v) is 17.4. The van der Waals surface area contributed by atoms with E-state index in [4.69, 9.17) is 19.2 Å². The van der Waals surface area contributed by atoms with Crippen molar-refractivity contribution < 1.29 is 19.0 Å². The van der Waals surface area contributed by atoms with Crippen LogP contribution in [0.25, 0.3) is 0 Å². The van der Waals surface area contributed by atoms with Gasteiger partial charge in [0.15, 0.2) is 17.3 Å². The maximum atomic E-state index is 12.5. The lowest BCUT2D eigenvalue weighted by molar-refractivity contribution is -0.120. The highest BCUT2D eigenvalue weighted by Gasteiger charge is 2.21. The van der Waals surface area contributed by atoms with Gasteiger partial charge in [0, 0.05) is 26.2 Å². The van der Waals surface area contributed by atoms with E-state index in [1.54, 1.807) is 0 Å². The van der Waals surface area contributed by atoms with Gasteiger partial charge in [-0.1, -0.05) is 6.07 Å². The van der Waals surface area contributed by atoms with Gasteiger partial charge < -0.3 is 29.3 Å². The summed E-state index contributed by atoms with van der Waals surface area (Å²) in [6.45, 7) is 5.18. The standard InChI is InChI=1S/C21H26N6O4/c28-19(12-15-3-4-16-17(11-15)31-14-30-16)22-13-18-23-20(26-5-1-2-6-26)25-21(24-18)27-7-9-29-10-8-27/h3-4,11H,1-2,5-10,12-14H2,(H,22,28). The molecule has 4 heterocycles. The van der Waals surface area contributed by atoms with Crippen molar-refractivity contribution in [1.82, 2.24) is 20.3 Å². The zero-order valence-electron chi connectivity index (χ0n) is 17.4. The minimum atomic E-state index is -0.102. The van der Waals surface area contributed by atoms with E-state index in [-0.39, 0.29) is 25.7 Å². The quantitative estimate of drug-likeness (QED) is 0.722. The Hall–Kier alpha value is -3.14. The number of aromatic nitrogens is 3. The Labute approximate surface area is 180 Å². The monoisotopic (exact) mass is 426 g/mol. The maximum absolute atomic E-state index is 12.5. The van der Waals surface area contributed by atoms with Crippen LogP contribution < -0.4 is 24.6 Å². The summed E-state index contributed by atoms with van der Waals surface area (Å²) < 4.78 is 16.1. The highest BCUT2D eigenvalue weighted by atomic mass is 16.7. The molecule has 2 fully saturated rings. The fourth-order valence-electron chi connectivity index (χ4n) is 3.91. The second-order valence-corrected chi connectivity index (χ2v) is 7.79. The highest BCUT2D eigenvalue weighted by Crippen LogP contribution is 2.32. The minimum absolute atomic E-state index is 0.102. The Morgan fingerprint density at radius 1 is 0.935 bits per heavy atom. The van der Waals surface area contributed by atoms with Gasteiger partial charge in [0.05, 0.1) is 26.2 Å². The first-order valence-electron chi connectivity index (χ1n) is 10.7. The number of fused-ring (bicyclic) bond motifs is 1. The van der Waals surface area contributed by atoms with E-state index in [1.807, 2.05) is 18.2 Å². The summed E-state index contributed by atoms with van der Waals surface area (Å²) in [5.74, 6) is 3.19. The van der Waals surface area contributed by atoms with E-state index in [9.17, 15) is 4.79 Å². The van der Waals surface area contributed by atoms with Crippen molar-refractivity contribution in [2.24, 2.45) is 0 Å². The van der Waals surface area contributed by atoms with Crippen LogP contribution in [0.1, 0.15) is 24.2 Å². The molecular weight excluding hydrogens is 400 g/mol. The van der Waals surface area contributed by atoms with Gasteiger partial charge in [-0.25, -0.2) is 0 Å². The number of ether oxygens (including phenoxy) is 3. The molecule has 3 aliphatic rings. The van der Waals surface area contributed by atoms with Crippen molar-refractivity contribution in [3.8, 4) is 11.5 Å². The fourth-order valence-corrected chi connectivity index (χ4v) is 3.91. The number of amides is 1. The smallest absolute Gasteiger partial charge is 0.231 e. The molecule has 0 atom stereocenters. The third-order valence-corrected chi connectivity index (χ3v) is 5.59. The number of carbonyl (C=O) groups excluding carboxylic acids is 1. The molecule has 0 bridgehead atoms. The van der Waals surface area contributed by atoms with Gasteiger partial charge >= 0.3 is 0 Å². The molecule has 1 amide bonds. The van der Waals surface area contributed by atoms with Crippen LogP contribution in [0.4, 0.5) is 11.9 Å². The predicted octanol–water partition coefficient (Wildman–Crippen LogP) is 0.896. The van der Waals surface area contributed by atoms with Crippen LogP contribution in [0, 0.1) is 0 Å². The van der Waals surface area contributed by atoms with Gasteiger partial charge in [-0.3, -0.25) is 4.79 Å². The summed E-state index contributed by atoms with van der Waals surface area (Å²) in [6, 6.07) is 5.54. The van der Waals surface area contributed by atoms with Crippen LogP contribution in [-0.4, -0.2) is 67.0 Å². The second kappa shape index (κ2) is 8.93. The van der Waals surface area contributed by atoms with E-state index < -0.39 is 0 Å². The molecule has 3 aliphatic heterocycles. The Bertz CT molecular complexity index is 943. The van der Waals surface area contributed by atoms with Crippen LogP contribution >= 0.6 is 0 Å². The van der Waals surface area contributed by atoms with Crippen molar-refractivity contribution in [3.05, 3.63) is 29.6 Å². The van der Waals surface area contributed by atoms with Crippen molar-refractivity contribution in [2.75, 3.05) is 56.0 Å². The van der Waals surface area contributed by atoms with Gasteiger partial charge in [-0.15, -0.1) is 0 Å². The molecule has 5 rings (SSSR count). The molecule has 1 aromatic carbocycles. The van der Waals surface area contributed by atoms with Gasteiger partial charge in [-0.05, 0) is 30.5 Å². The molecule has 0 unspecified atom stereocenters. The van der Waals surface area contributed by atoms with E-state index in [2.05, 4.69) is 25.1 Å². The summed E-state index contributed by atoms with van der Waals surface area (Å²) in [6.07, 6.45) is 2.53. The Kier molecular flexibility index (Phi) is 5.70. The lowest BCUT2D eigenvalue weighted by Crippen LogP contribution is -2.38. The molecule has 2 aromatic rings. The molecule has 164 valence electrons. The molecular formula is C21H26N6O4. The summed E-state index contributed by atoms with van der Waals surface area (Å²) in [5, 5.41) is 2.94. The number of anilines is 2. The number of benzene rings is 1. The van der Waals surface area contributed by atoms with Gasteiger partial charge in [-0.2, -0.15) is 15.0 Å². The first-order valence-corrected chi connectivity index (χ1v) is 10.7. The molecule has 1 N–H and O–H groups in total. The maximum Gasteiger partial charge on any atom is 0.231 e. The number of nitrogens with one attached hydrogen (secondary N) is 1. The number of rotatable bonds is 6. The molecule has 0 spiro atoms. The van der Waals surface area contributed by atoms with Crippen molar-refractivity contribution in [1.29, 1.82) is 0 Å². The average Bonchev–Trinajstić information content (AvgIpc) is 3.50. The van der Waals surface area contributed by atoms with Crippen LogP contribution in [-0.2, 0) is 22.5 Å². The van der Waals surface area contributed by atoms with Gasteiger partial charge in [0.2, 0.25) is 24.6 Å². The third kappa shape index (κ3) is 4.63. The van der Waals surface area contributed by atoms with Crippen molar-refractivity contribution >= 4 is 17.8 Å². The van der Waals surface area contributed by atoms with Crippen LogP contribution in [0.3, 0.4) is 0 Å². The molecule has 1 aromatic heterocycles. The zero-order chi connectivity index (χ0) is 21.0. The average molecular weight is 426 g/mol. The van der Waals surface area contributed by atoms with Crippen molar-refractivity contribution in [3.63, 3.8) is 0 Å². The third-order valence-electron chi connectivity index (χ3n) is 5.59. The topological polar surface area (TPSA) is 102 Å². The molecule has 10 heteroatoms. The first-order chi connectivity index (χ1) is 15.2. The fraction of sp³-hybridized carbons (Fsp3) is 0.524.